The van der Waals surface area contributed by atoms with Crippen molar-refractivity contribution in [3.63, 3.8) is 0 Å². The molecule has 0 aromatic carbocycles. The lowest BCUT2D eigenvalue weighted by Gasteiger charge is -1.93. The maximum absolute atomic E-state index is 10.6. The molecule has 0 heterocycles. The van der Waals surface area contributed by atoms with Crippen LogP contribution in [-0.4, -0.2) is 28.8 Å². The van der Waals surface area contributed by atoms with Gasteiger partial charge in [0.1, 0.15) is 5.88 Å². The zero-order chi connectivity index (χ0) is 9.56. The van der Waals surface area contributed by atoms with Gasteiger partial charge in [-0.25, -0.2) is 4.79 Å². The lowest BCUT2D eigenvalue weighted by atomic mass is 10.4. The van der Waals surface area contributed by atoms with Crippen LogP contribution in [0.15, 0.2) is 12.2 Å². The molecule has 0 fully saturated rings. The summed E-state index contributed by atoms with van der Waals surface area (Å²) < 4.78 is 0. The smallest absolute Gasteiger partial charge is 0.328 e. The van der Waals surface area contributed by atoms with Crippen LogP contribution in [0.5, 0.6) is 0 Å². The predicted octanol–water partition coefficient (Wildman–Crippen LogP) is -0.491. The van der Waals surface area contributed by atoms with Gasteiger partial charge in [0.2, 0.25) is 5.91 Å². The van der Waals surface area contributed by atoms with Gasteiger partial charge in [-0.1, -0.05) is 0 Å². The summed E-state index contributed by atoms with van der Waals surface area (Å²) in [5.74, 6) is -3.07. The summed E-state index contributed by atoms with van der Waals surface area (Å²) in [4.78, 5) is 30.9. The zero-order valence-corrected chi connectivity index (χ0v) is 6.67. The molecule has 0 aromatic rings. The molecule has 0 bridgehead atoms. The summed E-state index contributed by atoms with van der Waals surface area (Å²) in [5.41, 5.74) is 0. The summed E-state index contributed by atoms with van der Waals surface area (Å²) in [6.45, 7) is 0. The van der Waals surface area contributed by atoms with E-state index in [0.717, 1.165) is 6.08 Å². The highest BCUT2D eigenvalue weighted by Gasteiger charge is 2.02. The first-order valence-corrected chi connectivity index (χ1v) is 3.40. The van der Waals surface area contributed by atoms with Crippen LogP contribution in [0.4, 0.5) is 0 Å². The Morgan fingerprint density at radius 3 is 2.33 bits per heavy atom. The Morgan fingerprint density at radius 1 is 1.33 bits per heavy atom. The number of carbonyl (C=O) groups excluding carboxylic acids is 2. The summed E-state index contributed by atoms with van der Waals surface area (Å²) in [6, 6.07) is 0. The summed E-state index contributed by atoms with van der Waals surface area (Å²) in [7, 11) is 0. The topological polar surface area (TPSA) is 83.5 Å². The first-order chi connectivity index (χ1) is 5.56. The molecule has 0 atom stereocenters. The molecule has 0 rings (SSSR count). The third kappa shape index (κ3) is 5.43. The van der Waals surface area contributed by atoms with Gasteiger partial charge < -0.3 is 5.11 Å². The van der Waals surface area contributed by atoms with E-state index < -0.39 is 17.8 Å². The van der Waals surface area contributed by atoms with Crippen LogP contribution < -0.4 is 5.32 Å². The number of hydrogen-bond acceptors (Lipinski definition) is 3. The van der Waals surface area contributed by atoms with E-state index in [2.05, 4.69) is 0 Å². The molecule has 0 aliphatic heterocycles. The summed E-state index contributed by atoms with van der Waals surface area (Å²) in [6.07, 6.45) is 1.35. The van der Waals surface area contributed by atoms with E-state index in [1.165, 1.54) is 0 Å². The zero-order valence-electron chi connectivity index (χ0n) is 5.91. The van der Waals surface area contributed by atoms with Gasteiger partial charge in [0.05, 0.1) is 0 Å². The number of rotatable bonds is 3. The second-order valence-electron chi connectivity index (χ2n) is 1.72. The van der Waals surface area contributed by atoms with Crippen LogP contribution >= 0.6 is 11.6 Å². The van der Waals surface area contributed by atoms with E-state index in [4.69, 9.17) is 16.7 Å². The monoisotopic (exact) mass is 191 g/mol. The minimum atomic E-state index is -1.26. The molecular formula is C6H6ClNO4. The van der Waals surface area contributed by atoms with Crippen molar-refractivity contribution in [2.24, 2.45) is 0 Å². The Labute approximate surface area is 73.0 Å². The molecule has 0 saturated carbocycles. The number of carboxylic acids is 1. The van der Waals surface area contributed by atoms with Gasteiger partial charge in [0, 0.05) is 12.2 Å². The number of imide groups is 1. The summed E-state index contributed by atoms with van der Waals surface area (Å²) >= 11 is 5.05. The van der Waals surface area contributed by atoms with E-state index in [9.17, 15) is 14.4 Å². The number of amides is 2. The molecular weight excluding hydrogens is 186 g/mol. The molecule has 0 aromatic heterocycles. The van der Waals surface area contributed by atoms with Crippen LogP contribution in [-0.2, 0) is 14.4 Å². The van der Waals surface area contributed by atoms with E-state index in [-0.39, 0.29) is 5.88 Å². The number of carboxylic acid groups (broad SMARTS) is 1. The van der Waals surface area contributed by atoms with Crippen molar-refractivity contribution < 1.29 is 19.5 Å². The average molecular weight is 192 g/mol. The molecule has 0 unspecified atom stereocenters. The fraction of sp³-hybridized carbons (Fsp3) is 0.167. The highest BCUT2D eigenvalue weighted by Crippen LogP contribution is 1.77. The lowest BCUT2D eigenvalue weighted by Crippen LogP contribution is -2.29. The van der Waals surface area contributed by atoms with Crippen LogP contribution in [0.1, 0.15) is 0 Å². The van der Waals surface area contributed by atoms with Gasteiger partial charge in [-0.2, -0.15) is 0 Å². The number of carbonyl (C=O) groups is 3. The highest BCUT2D eigenvalue weighted by molar-refractivity contribution is 6.28. The van der Waals surface area contributed by atoms with Crippen LogP contribution in [0, 0.1) is 0 Å². The van der Waals surface area contributed by atoms with Gasteiger partial charge in [-0.3, -0.25) is 14.9 Å². The maximum atomic E-state index is 10.6. The second-order valence-corrected chi connectivity index (χ2v) is 1.98. The number of nitrogens with one attached hydrogen (secondary N) is 1. The maximum Gasteiger partial charge on any atom is 0.328 e. The average Bonchev–Trinajstić information content (AvgIpc) is 2.00. The number of aliphatic carboxylic acids is 1. The quantitative estimate of drug-likeness (QED) is 0.466. The predicted molar refractivity (Wildman–Crippen MR) is 40.6 cm³/mol. The van der Waals surface area contributed by atoms with E-state index in [1.807, 2.05) is 5.32 Å². The van der Waals surface area contributed by atoms with Gasteiger partial charge in [-0.15, -0.1) is 11.6 Å². The standard InChI is InChI=1S/C6H6ClNO4/c7-3-5(10)8-4(9)1-2-6(11)12/h1-2H,3H2,(H,11,12)(H,8,9,10)/b2-1+. The van der Waals surface area contributed by atoms with Crippen molar-refractivity contribution in [2.75, 3.05) is 5.88 Å². The first-order valence-electron chi connectivity index (χ1n) is 2.87. The third-order valence-electron chi connectivity index (χ3n) is 0.761. The Hall–Kier alpha value is -1.36. The lowest BCUT2D eigenvalue weighted by molar-refractivity contribution is -0.132. The molecule has 0 saturated heterocycles. The van der Waals surface area contributed by atoms with Crippen LogP contribution in [0.25, 0.3) is 0 Å². The molecule has 12 heavy (non-hydrogen) atoms. The van der Waals surface area contributed by atoms with Gasteiger partial charge in [0.25, 0.3) is 5.91 Å². The number of alkyl halides is 1. The van der Waals surface area contributed by atoms with Crippen LogP contribution in [0.3, 0.4) is 0 Å². The fourth-order valence-corrected chi connectivity index (χ4v) is 0.426. The molecule has 2 N–H and O–H groups in total. The minimum absolute atomic E-state index is 0.341. The molecule has 66 valence electrons. The Morgan fingerprint density at radius 2 is 1.92 bits per heavy atom. The molecule has 0 spiro atoms. The molecule has 2 amide bonds. The second kappa shape index (κ2) is 5.31. The largest absolute Gasteiger partial charge is 0.478 e. The Bertz CT molecular complexity index is 236. The van der Waals surface area contributed by atoms with Gasteiger partial charge in [0.15, 0.2) is 0 Å². The van der Waals surface area contributed by atoms with E-state index in [0.29, 0.717) is 6.08 Å². The molecule has 6 heteroatoms. The van der Waals surface area contributed by atoms with Gasteiger partial charge >= 0.3 is 5.97 Å². The summed E-state index contributed by atoms with van der Waals surface area (Å²) in [5, 5.41) is 9.90. The minimum Gasteiger partial charge on any atom is -0.478 e. The molecule has 5 nitrogen and oxygen atoms in total. The van der Waals surface area contributed by atoms with E-state index in [1.54, 1.807) is 0 Å². The van der Waals surface area contributed by atoms with Crippen molar-refractivity contribution >= 4 is 29.4 Å². The van der Waals surface area contributed by atoms with E-state index >= 15 is 0 Å². The fourth-order valence-electron chi connectivity index (χ4n) is 0.359. The van der Waals surface area contributed by atoms with Crippen molar-refractivity contribution in [1.82, 2.24) is 5.32 Å². The van der Waals surface area contributed by atoms with Crippen LogP contribution in [0.2, 0.25) is 0 Å². The Balaban J connectivity index is 3.90. The van der Waals surface area contributed by atoms with Crippen molar-refractivity contribution in [1.29, 1.82) is 0 Å². The Kier molecular flexibility index (Phi) is 4.71. The molecule has 0 aliphatic rings. The van der Waals surface area contributed by atoms with Crippen molar-refractivity contribution in [3.05, 3.63) is 12.2 Å². The highest BCUT2D eigenvalue weighted by atomic mass is 35.5. The van der Waals surface area contributed by atoms with Gasteiger partial charge in [-0.05, 0) is 0 Å². The van der Waals surface area contributed by atoms with Crippen molar-refractivity contribution in [3.8, 4) is 0 Å². The SMILES string of the molecule is O=C(O)/C=C/C(=O)NC(=O)CCl. The molecule has 0 radical (unpaired) electrons. The molecule has 0 aliphatic carbocycles. The third-order valence-corrected chi connectivity index (χ3v) is 1.00. The number of halogens is 1. The normalized spacial score (nSPS) is 9.75. The number of hydrogen-bond donors (Lipinski definition) is 2. The van der Waals surface area contributed by atoms with Crippen molar-refractivity contribution in [2.45, 2.75) is 0 Å². The first kappa shape index (κ1) is 10.6.